The lowest BCUT2D eigenvalue weighted by Gasteiger charge is -2.36. The number of aromatic nitrogens is 3. The quantitative estimate of drug-likeness (QED) is 0.709. The molecule has 142 valence electrons. The number of nitrogens with zero attached hydrogens (tertiary/aromatic N) is 5. The molecular formula is C20H25N5O2. The van der Waals surface area contributed by atoms with Gasteiger partial charge in [0.25, 0.3) is 5.91 Å². The van der Waals surface area contributed by atoms with Crippen molar-refractivity contribution in [1.29, 1.82) is 0 Å². The molecule has 0 aliphatic carbocycles. The molecule has 7 nitrogen and oxygen atoms in total. The van der Waals surface area contributed by atoms with E-state index in [4.69, 9.17) is 4.52 Å². The zero-order valence-corrected chi connectivity index (χ0v) is 16.1. The largest absolute Gasteiger partial charge is 0.356 e. The van der Waals surface area contributed by atoms with Gasteiger partial charge in [0, 0.05) is 38.1 Å². The highest BCUT2D eigenvalue weighted by Crippen LogP contribution is 2.23. The molecule has 2 aromatic heterocycles. The predicted octanol–water partition coefficient (Wildman–Crippen LogP) is 2.61. The summed E-state index contributed by atoms with van der Waals surface area (Å²) >= 11 is 0. The topological polar surface area (TPSA) is 67.4 Å². The third kappa shape index (κ3) is 3.47. The zero-order valence-electron chi connectivity index (χ0n) is 16.1. The van der Waals surface area contributed by atoms with Crippen molar-refractivity contribution in [3.63, 3.8) is 0 Å². The summed E-state index contributed by atoms with van der Waals surface area (Å²) in [7, 11) is 3.94. The standard InChI is InChI=1S/C20H25N5O2/c1-14-12-18(24(3)21-14)20(26)25-10-8-15(9-11-25)23(2)13-17-16-6-4-5-7-19(16)27-22-17/h4-7,12,15H,8-11,13H2,1-3H3. The van der Waals surface area contributed by atoms with Gasteiger partial charge in [-0.25, -0.2) is 0 Å². The number of carbonyl (C=O) groups excluding carboxylic acids is 1. The van der Waals surface area contributed by atoms with Crippen molar-refractivity contribution in [1.82, 2.24) is 24.7 Å². The molecule has 1 aliphatic heterocycles. The van der Waals surface area contributed by atoms with Crippen LogP contribution in [0.4, 0.5) is 0 Å². The summed E-state index contributed by atoms with van der Waals surface area (Å²) in [6.07, 6.45) is 1.91. The molecule has 0 unspecified atom stereocenters. The van der Waals surface area contributed by atoms with Crippen LogP contribution in [-0.4, -0.2) is 56.8 Å². The normalized spacial score (nSPS) is 15.8. The van der Waals surface area contributed by atoms with Crippen LogP contribution >= 0.6 is 0 Å². The monoisotopic (exact) mass is 367 g/mol. The Morgan fingerprint density at radius 1 is 1.30 bits per heavy atom. The molecule has 1 saturated heterocycles. The van der Waals surface area contributed by atoms with Crippen LogP contribution in [0.25, 0.3) is 11.0 Å². The summed E-state index contributed by atoms with van der Waals surface area (Å²) in [6.45, 7) is 4.18. The summed E-state index contributed by atoms with van der Waals surface area (Å²) in [4.78, 5) is 17.0. The van der Waals surface area contributed by atoms with E-state index in [1.54, 1.807) is 4.68 Å². The molecule has 0 atom stereocenters. The van der Waals surface area contributed by atoms with Gasteiger partial charge in [-0.2, -0.15) is 5.10 Å². The number of piperidine rings is 1. The lowest BCUT2D eigenvalue weighted by Crippen LogP contribution is -2.45. The van der Waals surface area contributed by atoms with Crippen molar-refractivity contribution < 1.29 is 9.32 Å². The molecule has 1 fully saturated rings. The second-order valence-electron chi connectivity index (χ2n) is 7.36. The number of carbonyl (C=O) groups is 1. The van der Waals surface area contributed by atoms with Gasteiger partial charge in [-0.05, 0) is 45.0 Å². The molecule has 27 heavy (non-hydrogen) atoms. The highest BCUT2D eigenvalue weighted by Gasteiger charge is 2.28. The Balaban J connectivity index is 1.37. The Labute approximate surface area is 158 Å². The number of hydrogen-bond donors (Lipinski definition) is 0. The van der Waals surface area contributed by atoms with Gasteiger partial charge in [-0.3, -0.25) is 14.4 Å². The smallest absolute Gasteiger partial charge is 0.272 e. The molecule has 0 spiro atoms. The lowest BCUT2D eigenvalue weighted by atomic mass is 10.0. The van der Waals surface area contributed by atoms with Crippen LogP contribution in [0.1, 0.15) is 34.7 Å². The van der Waals surface area contributed by atoms with Crippen molar-refractivity contribution in [2.45, 2.75) is 32.4 Å². The van der Waals surface area contributed by atoms with Gasteiger partial charge < -0.3 is 9.42 Å². The van der Waals surface area contributed by atoms with Gasteiger partial charge in [-0.15, -0.1) is 0 Å². The fourth-order valence-corrected chi connectivity index (χ4v) is 3.90. The minimum Gasteiger partial charge on any atom is -0.356 e. The van der Waals surface area contributed by atoms with Crippen molar-refractivity contribution in [2.75, 3.05) is 20.1 Å². The summed E-state index contributed by atoms with van der Waals surface area (Å²) in [6, 6.07) is 10.2. The number of fused-ring (bicyclic) bond motifs is 1. The number of amides is 1. The van der Waals surface area contributed by atoms with Gasteiger partial charge in [0.15, 0.2) is 5.58 Å². The first-order valence-corrected chi connectivity index (χ1v) is 9.36. The summed E-state index contributed by atoms with van der Waals surface area (Å²) in [5.74, 6) is 0.0710. The van der Waals surface area contributed by atoms with Gasteiger partial charge in [0.05, 0.1) is 5.69 Å². The first-order valence-electron chi connectivity index (χ1n) is 9.36. The van der Waals surface area contributed by atoms with Crippen LogP contribution in [0.3, 0.4) is 0 Å². The second-order valence-corrected chi connectivity index (χ2v) is 7.36. The fraction of sp³-hybridized carbons (Fsp3) is 0.450. The molecule has 1 aromatic carbocycles. The van der Waals surface area contributed by atoms with Crippen LogP contribution in [0.15, 0.2) is 34.9 Å². The van der Waals surface area contributed by atoms with E-state index in [0.29, 0.717) is 11.7 Å². The molecule has 3 heterocycles. The van der Waals surface area contributed by atoms with Crippen molar-refractivity contribution in [2.24, 2.45) is 7.05 Å². The van der Waals surface area contributed by atoms with E-state index in [9.17, 15) is 4.79 Å². The van der Waals surface area contributed by atoms with E-state index in [1.165, 1.54) is 0 Å². The average Bonchev–Trinajstić information content (AvgIpc) is 3.24. The van der Waals surface area contributed by atoms with E-state index in [2.05, 4.69) is 22.2 Å². The number of para-hydroxylation sites is 1. The van der Waals surface area contributed by atoms with Crippen LogP contribution in [0.2, 0.25) is 0 Å². The number of hydrogen-bond acceptors (Lipinski definition) is 5. The zero-order chi connectivity index (χ0) is 19.0. The van der Waals surface area contributed by atoms with E-state index < -0.39 is 0 Å². The molecule has 3 aromatic rings. The van der Waals surface area contributed by atoms with Gasteiger partial charge in [-0.1, -0.05) is 17.3 Å². The van der Waals surface area contributed by atoms with E-state index >= 15 is 0 Å². The molecule has 1 aliphatic rings. The lowest BCUT2D eigenvalue weighted by molar-refractivity contribution is 0.0627. The van der Waals surface area contributed by atoms with Gasteiger partial charge in [0.1, 0.15) is 11.4 Å². The number of likely N-dealkylation sites (tertiary alicyclic amines) is 1. The van der Waals surface area contributed by atoms with Crippen LogP contribution in [0.5, 0.6) is 0 Å². The highest BCUT2D eigenvalue weighted by atomic mass is 16.5. The summed E-state index contributed by atoms with van der Waals surface area (Å²) in [5.41, 5.74) is 3.33. The molecule has 7 heteroatoms. The second kappa shape index (κ2) is 7.15. The maximum atomic E-state index is 12.7. The maximum Gasteiger partial charge on any atom is 0.272 e. The van der Waals surface area contributed by atoms with E-state index in [0.717, 1.165) is 54.8 Å². The van der Waals surface area contributed by atoms with Crippen LogP contribution < -0.4 is 0 Å². The molecule has 0 saturated carbocycles. The minimum absolute atomic E-state index is 0.0710. The SMILES string of the molecule is Cc1cc(C(=O)N2CCC(N(C)Cc3noc4ccccc34)CC2)n(C)n1. The Morgan fingerprint density at radius 3 is 2.74 bits per heavy atom. The fourth-order valence-electron chi connectivity index (χ4n) is 3.90. The number of benzene rings is 1. The van der Waals surface area contributed by atoms with Gasteiger partial charge in [0.2, 0.25) is 0 Å². The average molecular weight is 367 g/mol. The molecule has 0 bridgehead atoms. The molecule has 0 N–H and O–H groups in total. The molecular weight excluding hydrogens is 342 g/mol. The first-order chi connectivity index (χ1) is 13.0. The predicted molar refractivity (Wildman–Crippen MR) is 102 cm³/mol. The van der Waals surface area contributed by atoms with E-state index in [1.807, 2.05) is 49.2 Å². The maximum absolute atomic E-state index is 12.7. The Morgan fingerprint density at radius 2 is 2.04 bits per heavy atom. The number of aryl methyl sites for hydroxylation is 2. The van der Waals surface area contributed by atoms with Crippen molar-refractivity contribution in [3.8, 4) is 0 Å². The summed E-state index contributed by atoms with van der Waals surface area (Å²) in [5, 5.41) is 9.59. The van der Waals surface area contributed by atoms with Crippen molar-refractivity contribution in [3.05, 3.63) is 47.4 Å². The van der Waals surface area contributed by atoms with E-state index in [-0.39, 0.29) is 5.91 Å². The Hall–Kier alpha value is -2.67. The van der Waals surface area contributed by atoms with Gasteiger partial charge >= 0.3 is 0 Å². The molecule has 0 radical (unpaired) electrons. The molecule has 4 rings (SSSR count). The van der Waals surface area contributed by atoms with Crippen molar-refractivity contribution >= 4 is 16.9 Å². The minimum atomic E-state index is 0.0710. The Bertz CT molecular complexity index is 952. The highest BCUT2D eigenvalue weighted by molar-refractivity contribution is 5.92. The molecule has 1 amide bonds. The third-order valence-electron chi connectivity index (χ3n) is 5.45. The number of rotatable bonds is 4. The Kier molecular flexibility index (Phi) is 4.70. The first kappa shape index (κ1) is 17.7. The van der Waals surface area contributed by atoms with Crippen LogP contribution in [-0.2, 0) is 13.6 Å². The van der Waals surface area contributed by atoms with Crippen LogP contribution in [0, 0.1) is 6.92 Å². The summed E-state index contributed by atoms with van der Waals surface area (Å²) < 4.78 is 7.08. The third-order valence-corrected chi connectivity index (χ3v) is 5.45.